The van der Waals surface area contributed by atoms with Gasteiger partial charge in [0, 0.05) is 41.5 Å². The Hall–Kier alpha value is -0.200. The van der Waals surface area contributed by atoms with Crippen molar-refractivity contribution in [3.8, 4) is 0 Å². The van der Waals surface area contributed by atoms with Crippen molar-refractivity contribution in [3.05, 3.63) is 29.6 Å². The highest BCUT2D eigenvalue weighted by molar-refractivity contribution is 14.1. The van der Waals surface area contributed by atoms with E-state index in [0.29, 0.717) is 0 Å². The Bertz CT molecular complexity index is 296. The Kier molecular flexibility index (Phi) is 4.28. The summed E-state index contributed by atoms with van der Waals surface area (Å²) < 4.78 is 3.04. The van der Waals surface area contributed by atoms with Crippen LogP contribution in [0.4, 0.5) is 0 Å². The minimum atomic E-state index is -0.853. The maximum atomic E-state index is 9.76. The molecule has 0 atom stereocenters. The average molecular weight is 306 g/mol. The van der Waals surface area contributed by atoms with E-state index >= 15 is 0 Å². The number of pyridine rings is 1. The topological polar surface area (TPSA) is 45.1 Å². The van der Waals surface area contributed by atoms with Gasteiger partial charge in [-0.3, -0.25) is 8.51 Å². The Morgan fingerprint density at radius 1 is 1.50 bits per heavy atom. The van der Waals surface area contributed by atoms with E-state index in [4.69, 9.17) is 0 Å². The van der Waals surface area contributed by atoms with Gasteiger partial charge in [0.2, 0.25) is 0 Å². The van der Waals surface area contributed by atoms with Gasteiger partial charge in [-0.2, -0.15) is 0 Å². The van der Waals surface area contributed by atoms with E-state index in [1.807, 2.05) is 18.2 Å². The van der Waals surface area contributed by atoms with Crippen LogP contribution >= 0.6 is 22.9 Å². The van der Waals surface area contributed by atoms with Crippen LogP contribution in [0.3, 0.4) is 0 Å². The fourth-order valence-electron chi connectivity index (χ4n) is 1.13. The van der Waals surface area contributed by atoms with Crippen molar-refractivity contribution in [1.29, 1.82) is 0 Å². The summed E-state index contributed by atoms with van der Waals surface area (Å²) in [4.78, 5) is 4.39. The Labute approximate surface area is 98.4 Å². The maximum Gasteiger partial charge on any atom is 0.101 e. The summed E-state index contributed by atoms with van der Waals surface area (Å²) in [5.41, 5.74) is 0.880. The summed E-state index contributed by atoms with van der Waals surface area (Å²) >= 11 is 2.11. The number of nitrogens with zero attached hydrogens (tertiary/aromatic N) is 1. The van der Waals surface area contributed by atoms with Gasteiger partial charge in [-0.1, -0.05) is 6.07 Å². The molecule has 78 valence electrons. The zero-order chi connectivity index (χ0) is 10.6. The highest BCUT2D eigenvalue weighted by atomic mass is 127. The van der Waals surface area contributed by atoms with Gasteiger partial charge in [0.25, 0.3) is 0 Å². The van der Waals surface area contributed by atoms with Crippen LogP contribution in [0, 0.1) is 0 Å². The van der Waals surface area contributed by atoms with Gasteiger partial charge >= 0.3 is 0 Å². The Morgan fingerprint density at radius 3 is 2.79 bits per heavy atom. The van der Waals surface area contributed by atoms with Crippen molar-refractivity contribution in [1.82, 2.24) is 8.51 Å². The Balaban J connectivity index is 2.79. The lowest BCUT2D eigenvalue weighted by Gasteiger charge is -2.17. The van der Waals surface area contributed by atoms with E-state index in [1.165, 1.54) is 0 Å². The zero-order valence-electron chi connectivity index (χ0n) is 8.42. The lowest BCUT2D eigenvalue weighted by atomic mass is 10.0. The maximum absolute atomic E-state index is 9.76. The molecule has 0 unspecified atom stereocenters. The molecule has 4 heteroatoms. The molecule has 0 aliphatic heterocycles. The van der Waals surface area contributed by atoms with Crippen LogP contribution in [-0.2, 0) is 12.0 Å². The SMILES string of the molecule is CC(C)(O)c1cccc(CCNI)n1. The van der Waals surface area contributed by atoms with Crippen molar-refractivity contribution in [3.63, 3.8) is 0 Å². The first-order valence-electron chi connectivity index (χ1n) is 4.56. The molecular formula is C10H15IN2O. The van der Waals surface area contributed by atoms with Crippen molar-refractivity contribution in [2.24, 2.45) is 0 Å². The van der Waals surface area contributed by atoms with Crippen LogP contribution in [0.2, 0.25) is 0 Å². The van der Waals surface area contributed by atoms with E-state index in [9.17, 15) is 5.11 Å². The molecule has 0 amide bonds. The number of aliphatic hydroxyl groups is 1. The van der Waals surface area contributed by atoms with E-state index in [0.717, 1.165) is 24.4 Å². The smallest absolute Gasteiger partial charge is 0.101 e. The third kappa shape index (κ3) is 3.51. The molecule has 3 nitrogen and oxygen atoms in total. The van der Waals surface area contributed by atoms with E-state index in [1.54, 1.807) is 13.8 Å². The molecule has 0 saturated carbocycles. The molecule has 1 aromatic heterocycles. The van der Waals surface area contributed by atoms with Crippen molar-refractivity contribution >= 4 is 22.9 Å². The van der Waals surface area contributed by atoms with Crippen molar-refractivity contribution in [2.75, 3.05) is 6.54 Å². The minimum Gasteiger partial charge on any atom is -0.384 e. The molecule has 0 saturated heterocycles. The van der Waals surface area contributed by atoms with Gasteiger partial charge in [0.1, 0.15) is 5.60 Å². The van der Waals surface area contributed by atoms with E-state index < -0.39 is 5.60 Å². The van der Waals surface area contributed by atoms with Crippen LogP contribution in [0.5, 0.6) is 0 Å². The van der Waals surface area contributed by atoms with Gasteiger partial charge < -0.3 is 5.11 Å². The molecule has 0 radical (unpaired) electrons. The highest BCUT2D eigenvalue weighted by Crippen LogP contribution is 2.17. The summed E-state index contributed by atoms with van der Waals surface area (Å²) in [6, 6.07) is 5.76. The van der Waals surface area contributed by atoms with Gasteiger partial charge in [0.05, 0.1) is 5.69 Å². The van der Waals surface area contributed by atoms with Crippen molar-refractivity contribution in [2.45, 2.75) is 25.9 Å². The number of nitrogens with one attached hydrogen (secondary N) is 1. The van der Waals surface area contributed by atoms with Gasteiger partial charge in [0.15, 0.2) is 0 Å². The molecule has 0 bridgehead atoms. The number of hydrogen-bond acceptors (Lipinski definition) is 3. The van der Waals surface area contributed by atoms with Gasteiger partial charge in [-0.25, -0.2) is 0 Å². The zero-order valence-corrected chi connectivity index (χ0v) is 10.6. The predicted molar refractivity (Wildman–Crippen MR) is 65.2 cm³/mol. The second kappa shape index (κ2) is 5.04. The minimum absolute atomic E-state index is 0.725. The molecule has 2 N–H and O–H groups in total. The van der Waals surface area contributed by atoms with Crippen LogP contribution in [-0.4, -0.2) is 16.6 Å². The second-order valence-corrected chi connectivity index (χ2v) is 4.47. The summed E-state index contributed by atoms with van der Waals surface area (Å²) in [5.74, 6) is 0. The number of rotatable bonds is 4. The van der Waals surface area contributed by atoms with E-state index in [-0.39, 0.29) is 0 Å². The summed E-state index contributed by atoms with van der Waals surface area (Å²) in [6.07, 6.45) is 0.882. The van der Waals surface area contributed by atoms with Gasteiger partial charge in [-0.05, 0) is 26.0 Å². The monoisotopic (exact) mass is 306 g/mol. The van der Waals surface area contributed by atoms with Crippen LogP contribution in [0.25, 0.3) is 0 Å². The third-order valence-corrected chi connectivity index (χ3v) is 2.45. The third-order valence-electron chi connectivity index (χ3n) is 1.91. The highest BCUT2D eigenvalue weighted by Gasteiger charge is 2.17. The summed E-state index contributed by atoms with van der Waals surface area (Å²) in [6.45, 7) is 4.38. The molecule has 1 aromatic rings. The largest absolute Gasteiger partial charge is 0.384 e. The summed E-state index contributed by atoms with van der Waals surface area (Å²) in [7, 11) is 0. The standard InChI is InChI=1S/C10H15IN2O/c1-10(2,14)9-5-3-4-8(13-9)6-7-12-11/h3-5,12,14H,6-7H2,1-2H3. The normalized spacial score (nSPS) is 11.7. The molecule has 0 aromatic carbocycles. The van der Waals surface area contributed by atoms with Crippen LogP contribution < -0.4 is 3.53 Å². The first-order chi connectivity index (χ1) is 6.54. The van der Waals surface area contributed by atoms with Gasteiger partial charge in [-0.15, -0.1) is 0 Å². The molecular weight excluding hydrogens is 291 g/mol. The number of halogens is 1. The lowest BCUT2D eigenvalue weighted by Crippen LogP contribution is -2.18. The molecule has 14 heavy (non-hydrogen) atoms. The fraction of sp³-hybridized carbons (Fsp3) is 0.500. The van der Waals surface area contributed by atoms with E-state index in [2.05, 4.69) is 31.4 Å². The lowest BCUT2D eigenvalue weighted by molar-refractivity contribution is 0.0736. The molecule has 0 aliphatic carbocycles. The summed E-state index contributed by atoms with van der Waals surface area (Å²) in [5, 5.41) is 9.76. The number of aromatic nitrogens is 1. The fourth-order valence-corrected chi connectivity index (χ4v) is 1.40. The Morgan fingerprint density at radius 2 is 2.21 bits per heavy atom. The van der Waals surface area contributed by atoms with Crippen LogP contribution in [0.1, 0.15) is 25.2 Å². The van der Waals surface area contributed by atoms with Crippen molar-refractivity contribution < 1.29 is 5.11 Å². The first-order valence-corrected chi connectivity index (χ1v) is 5.64. The first kappa shape index (κ1) is 11.9. The molecule has 1 heterocycles. The number of hydrogen-bond donors (Lipinski definition) is 2. The molecule has 0 spiro atoms. The average Bonchev–Trinajstić information content (AvgIpc) is 2.14. The second-order valence-electron chi connectivity index (χ2n) is 3.71. The quantitative estimate of drug-likeness (QED) is 0.658. The van der Waals surface area contributed by atoms with Crippen LogP contribution in [0.15, 0.2) is 18.2 Å². The molecule has 0 fully saturated rings. The predicted octanol–water partition coefficient (Wildman–Crippen LogP) is 1.79. The molecule has 1 rings (SSSR count). The molecule has 0 aliphatic rings.